The highest BCUT2D eigenvalue weighted by molar-refractivity contribution is 4.88. The van der Waals surface area contributed by atoms with Crippen LogP contribution in [0.25, 0.3) is 0 Å². The Morgan fingerprint density at radius 3 is 2.61 bits per heavy atom. The van der Waals surface area contributed by atoms with Gasteiger partial charge >= 0.3 is 0 Å². The molecular formula is C15H31NO2. The van der Waals surface area contributed by atoms with Gasteiger partial charge in [0.1, 0.15) is 0 Å². The number of hydrogen-bond donors (Lipinski definition) is 1. The molecule has 0 aliphatic heterocycles. The van der Waals surface area contributed by atoms with Crippen LogP contribution in [0, 0.1) is 5.92 Å². The maximum absolute atomic E-state index is 10.3. The van der Waals surface area contributed by atoms with Crippen molar-refractivity contribution >= 4 is 0 Å². The monoisotopic (exact) mass is 257 g/mol. The smallest absolute Gasteiger partial charge is 0.0695 e. The first-order chi connectivity index (χ1) is 8.60. The fourth-order valence-electron chi connectivity index (χ4n) is 3.25. The first-order valence-electron chi connectivity index (χ1n) is 7.52. The Kier molecular flexibility index (Phi) is 7.20. The number of aliphatic hydroxyl groups excluding tert-OH is 1. The summed E-state index contributed by atoms with van der Waals surface area (Å²) in [6.07, 6.45) is 5.72. The molecule has 3 heteroatoms. The molecule has 108 valence electrons. The van der Waals surface area contributed by atoms with E-state index in [2.05, 4.69) is 25.7 Å². The second-order valence-electron chi connectivity index (χ2n) is 5.93. The third kappa shape index (κ3) is 4.52. The lowest BCUT2D eigenvalue weighted by Crippen LogP contribution is -2.51. The van der Waals surface area contributed by atoms with E-state index in [4.69, 9.17) is 4.74 Å². The summed E-state index contributed by atoms with van der Waals surface area (Å²) in [4.78, 5) is 2.43. The maximum atomic E-state index is 10.3. The number of nitrogens with zero attached hydrogens (tertiary/aromatic N) is 1. The normalized spacial score (nSPS) is 29.2. The second-order valence-corrected chi connectivity index (χ2v) is 5.93. The molecule has 3 atom stereocenters. The van der Waals surface area contributed by atoms with Gasteiger partial charge in [0.05, 0.1) is 12.7 Å². The lowest BCUT2D eigenvalue weighted by molar-refractivity contribution is -0.0207. The second kappa shape index (κ2) is 8.13. The van der Waals surface area contributed by atoms with Crippen LogP contribution in [0.5, 0.6) is 0 Å². The molecule has 1 saturated carbocycles. The predicted octanol–water partition coefficient (Wildman–Crippen LogP) is 2.67. The Balaban J connectivity index is 2.61. The Bertz CT molecular complexity index is 221. The predicted molar refractivity (Wildman–Crippen MR) is 75.8 cm³/mol. The third-order valence-electron chi connectivity index (χ3n) is 4.23. The van der Waals surface area contributed by atoms with Gasteiger partial charge in [-0.15, -0.1) is 0 Å². The van der Waals surface area contributed by atoms with E-state index in [1.165, 1.54) is 19.3 Å². The van der Waals surface area contributed by atoms with Crippen molar-refractivity contribution in [1.29, 1.82) is 0 Å². The maximum Gasteiger partial charge on any atom is 0.0695 e. The van der Waals surface area contributed by atoms with Gasteiger partial charge in [-0.25, -0.2) is 0 Å². The Labute approximate surface area is 113 Å². The van der Waals surface area contributed by atoms with Crippen molar-refractivity contribution in [3.63, 3.8) is 0 Å². The molecule has 0 aromatic rings. The zero-order valence-corrected chi connectivity index (χ0v) is 12.6. The quantitative estimate of drug-likeness (QED) is 0.761. The molecule has 0 bridgehead atoms. The van der Waals surface area contributed by atoms with Crippen LogP contribution in [-0.2, 0) is 4.74 Å². The molecular weight excluding hydrogens is 226 g/mol. The van der Waals surface area contributed by atoms with Gasteiger partial charge in [0.15, 0.2) is 0 Å². The highest BCUT2D eigenvalue weighted by Gasteiger charge is 2.33. The average Bonchev–Trinajstić information content (AvgIpc) is 2.33. The molecule has 1 aliphatic carbocycles. The molecule has 0 saturated heterocycles. The van der Waals surface area contributed by atoms with Crippen LogP contribution in [0.1, 0.15) is 52.9 Å². The standard InChI is InChI=1S/C15H31NO2/c1-5-6-13-7-8-15(17)14(11-13)16(12(2)3)9-10-18-4/h12-15,17H,5-11H2,1-4H3. The molecule has 0 amide bonds. The topological polar surface area (TPSA) is 32.7 Å². The van der Waals surface area contributed by atoms with Crippen LogP contribution < -0.4 is 0 Å². The first-order valence-corrected chi connectivity index (χ1v) is 7.52. The van der Waals surface area contributed by atoms with Crippen molar-refractivity contribution in [2.24, 2.45) is 5.92 Å². The molecule has 1 aliphatic rings. The summed E-state index contributed by atoms with van der Waals surface area (Å²) in [6, 6.07) is 0.797. The number of aliphatic hydroxyl groups is 1. The summed E-state index contributed by atoms with van der Waals surface area (Å²) in [5.41, 5.74) is 0. The fraction of sp³-hybridized carbons (Fsp3) is 1.00. The third-order valence-corrected chi connectivity index (χ3v) is 4.23. The van der Waals surface area contributed by atoms with Gasteiger partial charge in [-0.1, -0.05) is 19.8 Å². The van der Waals surface area contributed by atoms with E-state index in [1.54, 1.807) is 7.11 Å². The summed E-state index contributed by atoms with van der Waals surface area (Å²) >= 11 is 0. The van der Waals surface area contributed by atoms with E-state index in [0.717, 1.165) is 31.9 Å². The summed E-state index contributed by atoms with van der Waals surface area (Å²) in [7, 11) is 1.75. The Hall–Kier alpha value is -0.120. The largest absolute Gasteiger partial charge is 0.391 e. The van der Waals surface area contributed by atoms with Crippen molar-refractivity contribution in [1.82, 2.24) is 4.90 Å². The molecule has 0 spiro atoms. The van der Waals surface area contributed by atoms with Gasteiger partial charge in [0.2, 0.25) is 0 Å². The molecule has 1 fully saturated rings. The lowest BCUT2D eigenvalue weighted by atomic mass is 9.80. The molecule has 0 aromatic heterocycles. The summed E-state index contributed by atoms with van der Waals surface area (Å²) in [6.45, 7) is 8.36. The Morgan fingerprint density at radius 2 is 2.06 bits per heavy atom. The van der Waals surface area contributed by atoms with Crippen LogP contribution in [0.2, 0.25) is 0 Å². The van der Waals surface area contributed by atoms with Crippen molar-refractivity contribution < 1.29 is 9.84 Å². The van der Waals surface area contributed by atoms with Gasteiger partial charge in [0, 0.05) is 25.7 Å². The molecule has 3 nitrogen and oxygen atoms in total. The molecule has 18 heavy (non-hydrogen) atoms. The van der Waals surface area contributed by atoms with Gasteiger partial charge in [-0.2, -0.15) is 0 Å². The summed E-state index contributed by atoms with van der Waals surface area (Å²) in [5, 5.41) is 10.3. The zero-order valence-electron chi connectivity index (χ0n) is 12.6. The summed E-state index contributed by atoms with van der Waals surface area (Å²) < 4.78 is 5.20. The van der Waals surface area contributed by atoms with Crippen LogP contribution in [0.3, 0.4) is 0 Å². The minimum atomic E-state index is -0.155. The van der Waals surface area contributed by atoms with Gasteiger partial charge in [-0.3, -0.25) is 4.90 Å². The van der Waals surface area contributed by atoms with Crippen LogP contribution in [-0.4, -0.2) is 48.5 Å². The van der Waals surface area contributed by atoms with E-state index in [0.29, 0.717) is 12.1 Å². The number of ether oxygens (including phenoxy) is 1. The highest BCUT2D eigenvalue weighted by atomic mass is 16.5. The molecule has 0 aromatic carbocycles. The van der Waals surface area contributed by atoms with Gasteiger partial charge in [-0.05, 0) is 39.0 Å². The van der Waals surface area contributed by atoms with E-state index < -0.39 is 0 Å². The molecule has 3 unspecified atom stereocenters. The minimum Gasteiger partial charge on any atom is -0.391 e. The molecule has 1 rings (SSSR count). The van der Waals surface area contributed by atoms with E-state index in [1.807, 2.05) is 0 Å². The molecule has 0 radical (unpaired) electrons. The first kappa shape index (κ1) is 15.9. The van der Waals surface area contributed by atoms with Crippen molar-refractivity contribution in [3.8, 4) is 0 Å². The van der Waals surface area contributed by atoms with E-state index in [9.17, 15) is 5.11 Å². The van der Waals surface area contributed by atoms with Crippen molar-refractivity contribution in [3.05, 3.63) is 0 Å². The SMILES string of the molecule is CCCC1CCC(O)C(N(CCOC)C(C)C)C1. The fourth-order valence-corrected chi connectivity index (χ4v) is 3.25. The van der Waals surface area contributed by atoms with E-state index in [-0.39, 0.29) is 6.10 Å². The minimum absolute atomic E-state index is 0.155. The Morgan fingerprint density at radius 1 is 1.33 bits per heavy atom. The van der Waals surface area contributed by atoms with Crippen LogP contribution in [0.4, 0.5) is 0 Å². The van der Waals surface area contributed by atoms with Crippen LogP contribution >= 0.6 is 0 Å². The summed E-state index contributed by atoms with van der Waals surface area (Å²) in [5.74, 6) is 0.798. The molecule has 0 heterocycles. The molecule has 1 N–H and O–H groups in total. The number of methoxy groups -OCH3 is 1. The lowest BCUT2D eigenvalue weighted by Gasteiger charge is -2.42. The van der Waals surface area contributed by atoms with Gasteiger partial charge < -0.3 is 9.84 Å². The van der Waals surface area contributed by atoms with Crippen molar-refractivity contribution in [2.45, 2.75) is 71.1 Å². The van der Waals surface area contributed by atoms with Crippen molar-refractivity contribution in [2.75, 3.05) is 20.3 Å². The zero-order chi connectivity index (χ0) is 13.5. The van der Waals surface area contributed by atoms with E-state index >= 15 is 0 Å². The number of hydrogen-bond acceptors (Lipinski definition) is 3. The number of rotatable bonds is 7. The highest BCUT2D eigenvalue weighted by Crippen LogP contribution is 2.31. The van der Waals surface area contributed by atoms with Gasteiger partial charge in [0.25, 0.3) is 0 Å². The van der Waals surface area contributed by atoms with Crippen LogP contribution in [0.15, 0.2) is 0 Å². The average molecular weight is 257 g/mol.